The van der Waals surface area contributed by atoms with Gasteiger partial charge in [-0.25, -0.2) is 4.98 Å². The van der Waals surface area contributed by atoms with E-state index in [0.717, 1.165) is 26.2 Å². The molecule has 0 aromatic carbocycles. The summed E-state index contributed by atoms with van der Waals surface area (Å²) in [5, 5.41) is 0.565. The van der Waals surface area contributed by atoms with Gasteiger partial charge in [-0.2, -0.15) is 0 Å². The van der Waals surface area contributed by atoms with Gasteiger partial charge in [-0.3, -0.25) is 4.90 Å². The summed E-state index contributed by atoms with van der Waals surface area (Å²) in [6.45, 7) is 6.05. The summed E-state index contributed by atoms with van der Waals surface area (Å²) in [5.41, 5.74) is 1.21. The topological polar surface area (TPSA) is 25.4 Å². The molecule has 0 aliphatic carbocycles. The molecular formula is C13H19ClN2O. The van der Waals surface area contributed by atoms with E-state index < -0.39 is 0 Å². The Morgan fingerprint density at radius 3 is 3.12 bits per heavy atom. The van der Waals surface area contributed by atoms with Crippen LogP contribution in [0.2, 0.25) is 5.15 Å². The van der Waals surface area contributed by atoms with Crippen LogP contribution in [-0.2, 0) is 11.3 Å². The van der Waals surface area contributed by atoms with Crippen molar-refractivity contribution >= 4 is 11.6 Å². The van der Waals surface area contributed by atoms with E-state index in [0.29, 0.717) is 11.3 Å². The highest BCUT2D eigenvalue weighted by Gasteiger charge is 2.18. The third-order valence-corrected chi connectivity index (χ3v) is 3.34. The largest absolute Gasteiger partial charge is 0.377 e. The van der Waals surface area contributed by atoms with Gasteiger partial charge in [0.2, 0.25) is 0 Å². The SMILES string of the molecule is CCN(Cc1ccnc(Cl)c1)CC1CCCO1. The first-order valence-corrected chi connectivity index (χ1v) is 6.60. The Labute approximate surface area is 108 Å². The van der Waals surface area contributed by atoms with Crippen LogP contribution in [0.15, 0.2) is 18.3 Å². The minimum absolute atomic E-state index is 0.409. The summed E-state index contributed by atoms with van der Waals surface area (Å²) in [7, 11) is 0. The highest BCUT2D eigenvalue weighted by atomic mass is 35.5. The fourth-order valence-electron chi connectivity index (χ4n) is 2.18. The highest BCUT2D eigenvalue weighted by molar-refractivity contribution is 6.29. The zero-order chi connectivity index (χ0) is 12.1. The average molecular weight is 255 g/mol. The van der Waals surface area contributed by atoms with E-state index in [1.54, 1.807) is 6.20 Å². The van der Waals surface area contributed by atoms with Gasteiger partial charge in [0.05, 0.1) is 6.10 Å². The molecule has 1 unspecified atom stereocenters. The first kappa shape index (κ1) is 12.8. The van der Waals surface area contributed by atoms with Gasteiger partial charge in [0.25, 0.3) is 0 Å². The minimum Gasteiger partial charge on any atom is -0.377 e. The lowest BCUT2D eigenvalue weighted by Gasteiger charge is -2.23. The van der Waals surface area contributed by atoms with Crippen LogP contribution in [0.3, 0.4) is 0 Å². The van der Waals surface area contributed by atoms with Crippen LogP contribution in [0.1, 0.15) is 25.3 Å². The van der Waals surface area contributed by atoms with Crippen molar-refractivity contribution in [1.29, 1.82) is 0 Å². The lowest BCUT2D eigenvalue weighted by Crippen LogP contribution is -2.31. The third-order valence-electron chi connectivity index (χ3n) is 3.13. The van der Waals surface area contributed by atoms with Crippen LogP contribution in [0, 0.1) is 0 Å². The second kappa shape index (κ2) is 6.34. The smallest absolute Gasteiger partial charge is 0.129 e. The normalized spacial score (nSPS) is 20.1. The summed E-state index contributed by atoms with van der Waals surface area (Å²) in [6.07, 6.45) is 4.56. The monoisotopic (exact) mass is 254 g/mol. The molecule has 2 heterocycles. The Morgan fingerprint density at radius 1 is 1.59 bits per heavy atom. The first-order valence-electron chi connectivity index (χ1n) is 6.22. The lowest BCUT2D eigenvalue weighted by molar-refractivity contribution is 0.0725. The molecule has 0 amide bonds. The number of rotatable bonds is 5. The van der Waals surface area contributed by atoms with Gasteiger partial charge in [-0.1, -0.05) is 18.5 Å². The molecule has 0 bridgehead atoms. The van der Waals surface area contributed by atoms with Gasteiger partial charge >= 0.3 is 0 Å². The number of ether oxygens (including phenoxy) is 1. The van der Waals surface area contributed by atoms with Crippen LogP contribution in [0.4, 0.5) is 0 Å². The van der Waals surface area contributed by atoms with Gasteiger partial charge in [0.15, 0.2) is 0 Å². The van der Waals surface area contributed by atoms with Gasteiger partial charge in [-0.05, 0) is 37.1 Å². The number of halogens is 1. The molecule has 1 aliphatic heterocycles. The van der Waals surface area contributed by atoms with E-state index in [9.17, 15) is 0 Å². The average Bonchev–Trinajstić information content (AvgIpc) is 2.81. The maximum absolute atomic E-state index is 5.89. The quantitative estimate of drug-likeness (QED) is 0.756. The predicted molar refractivity (Wildman–Crippen MR) is 69.2 cm³/mol. The Kier molecular flexibility index (Phi) is 4.77. The summed E-state index contributed by atoms with van der Waals surface area (Å²) < 4.78 is 5.67. The summed E-state index contributed by atoms with van der Waals surface area (Å²) in [4.78, 5) is 6.39. The van der Waals surface area contributed by atoms with Gasteiger partial charge in [0.1, 0.15) is 5.15 Å². The molecule has 1 aromatic rings. The van der Waals surface area contributed by atoms with Crippen molar-refractivity contribution in [3.8, 4) is 0 Å². The van der Waals surface area contributed by atoms with Crippen molar-refractivity contribution in [3.63, 3.8) is 0 Å². The van der Waals surface area contributed by atoms with E-state index in [2.05, 4.69) is 16.8 Å². The number of pyridine rings is 1. The molecule has 1 aliphatic rings. The Morgan fingerprint density at radius 2 is 2.47 bits per heavy atom. The summed E-state index contributed by atoms with van der Waals surface area (Å²) >= 11 is 5.89. The van der Waals surface area contributed by atoms with Crippen molar-refractivity contribution < 1.29 is 4.74 Å². The maximum Gasteiger partial charge on any atom is 0.129 e. The summed E-state index contributed by atoms with van der Waals surface area (Å²) in [6, 6.07) is 3.95. The third kappa shape index (κ3) is 3.95. The van der Waals surface area contributed by atoms with Gasteiger partial charge in [0, 0.05) is 25.9 Å². The molecule has 1 aromatic heterocycles. The molecule has 17 heavy (non-hydrogen) atoms. The molecular weight excluding hydrogens is 236 g/mol. The molecule has 0 N–H and O–H groups in total. The van der Waals surface area contributed by atoms with E-state index in [4.69, 9.17) is 16.3 Å². The number of hydrogen-bond donors (Lipinski definition) is 0. The molecule has 1 saturated heterocycles. The zero-order valence-corrected chi connectivity index (χ0v) is 11.0. The van der Waals surface area contributed by atoms with Crippen molar-refractivity contribution in [2.45, 2.75) is 32.4 Å². The first-order chi connectivity index (χ1) is 8.28. The molecule has 0 spiro atoms. The minimum atomic E-state index is 0.409. The standard InChI is InChI=1S/C13H19ClN2O/c1-2-16(10-12-4-3-7-17-12)9-11-5-6-15-13(14)8-11/h5-6,8,12H,2-4,7,9-10H2,1H3. The van der Waals surface area contributed by atoms with Crippen molar-refractivity contribution in [3.05, 3.63) is 29.0 Å². The second-order valence-corrected chi connectivity index (χ2v) is 4.84. The number of nitrogens with zero attached hydrogens (tertiary/aromatic N) is 2. The highest BCUT2D eigenvalue weighted by Crippen LogP contribution is 2.15. The van der Waals surface area contributed by atoms with E-state index in [1.165, 1.54) is 18.4 Å². The molecule has 0 radical (unpaired) electrons. The van der Waals surface area contributed by atoms with Crippen LogP contribution in [0.5, 0.6) is 0 Å². The van der Waals surface area contributed by atoms with Crippen molar-refractivity contribution in [2.75, 3.05) is 19.7 Å². The Bertz CT molecular complexity index is 353. The van der Waals surface area contributed by atoms with Crippen LogP contribution in [0.25, 0.3) is 0 Å². The Balaban J connectivity index is 1.90. The van der Waals surface area contributed by atoms with Crippen molar-refractivity contribution in [1.82, 2.24) is 9.88 Å². The number of aromatic nitrogens is 1. The second-order valence-electron chi connectivity index (χ2n) is 4.45. The molecule has 1 atom stereocenters. The van der Waals surface area contributed by atoms with Crippen LogP contribution in [-0.4, -0.2) is 35.7 Å². The fourth-order valence-corrected chi connectivity index (χ4v) is 2.38. The molecule has 94 valence electrons. The summed E-state index contributed by atoms with van der Waals surface area (Å²) in [5.74, 6) is 0. The molecule has 3 nitrogen and oxygen atoms in total. The van der Waals surface area contributed by atoms with E-state index in [1.807, 2.05) is 12.1 Å². The Hall–Kier alpha value is -0.640. The van der Waals surface area contributed by atoms with Gasteiger partial charge in [-0.15, -0.1) is 0 Å². The van der Waals surface area contributed by atoms with Crippen LogP contribution < -0.4 is 0 Å². The number of hydrogen-bond acceptors (Lipinski definition) is 3. The fraction of sp³-hybridized carbons (Fsp3) is 0.615. The maximum atomic E-state index is 5.89. The van der Waals surface area contributed by atoms with Gasteiger partial charge < -0.3 is 4.74 Å². The van der Waals surface area contributed by atoms with Crippen LogP contribution >= 0.6 is 11.6 Å². The molecule has 2 rings (SSSR count). The van der Waals surface area contributed by atoms with E-state index >= 15 is 0 Å². The van der Waals surface area contributed by atoms with Crippen molar-refractivity contribution in [2.24, 2.45) is 0 Å². The lowest BCUT2D eigenvalue weighted by atomic mass is 10.2. The molecule has 4 heteroatoms. The zero-order valence-electron chi connectivity index (χ0n) is 10.2. The molecule has 0 saturated carbocycles. The predicted octanol–water partition coefficient (Wildman–Crippen LogP) is 2.74. The van der Waals surface area contributed by atoms with E-state index in [-0.39, 0.29) is 0 Å². The number of likely N-dealkylation sites (N-methyl/N-ethyl adjacent to an activating group) is 1. The molecule has 1 fully saturated rings.